The van der Waals surface area contributed by atoms with Gasteiger partial charge in [-0.2, -0.15) is 0 Å². The monoisotopic (exact) mass is 247 g/mol. The Morgan fingerprint density at radius 1 is 1.33 bits per heavy atom. The van der Waals surface area contributed by atoms with Crippen LogP contribution in [0.15, 0.2) is 18.2 Å². The van der Waals surface area contributed by atoms with Crippen molar-refractivity contribution in [2.75, 3.05) is 19.6 Å². The maximum atomic E-state index is 6.00. The summed E-state index contributed by atoms with van der Waals surface area (Å²) in [5.74, 6) is 2.48. The van der Waals surface area contributed by atoms with Gasteiger partial charge < -0.3 is 19.9 Å². The topological polar surface area (TPSA) is 71.5 Å². The van der Waals surface area contributed by atoms with Crippen LogP contribution in [-0.2, 0) is 7.05 Å². The van der Waals surface area contributed by atoms with Crippen molar-refractivity contribution < 1.29 is 14.2 Å². The fraction of sp³-hybridized carbons (Fsp3) is 0.250. The Labute approximate surface area is 104 Å². The van der Waals surface area contributed by atoms with Gasteiger partial charge in [0.25, 0.3) is 0 Å². The van der Waals surface area contributed by atoms with Crippen molar-refractivity contribution in [1.82, 2.24) is 9.78 Å². The zero-order valence-electron chi connectivity index (χ0n) is 10.1. The molecule has 18 heavy (non-hydrogen) atoms. The van der Waals surface area contributed by atoms with Crippen molar-refractivity contribution in [3.8, 4) is 28.5 Å². The van der Waals surface area contributed by atoms with E-state index in [4.69, 9.17) is 19.9 Å². The van der Waals surface area contributed by atoms with Gasteiger partial charge in [0.1, 0.15) is 5.82 Å². The minimum Gasteiger partial charge on any atom is -0.479 e. The number of aromatic nitrogens is 2. The zero-order valence-corrected chi connectivity index (χ0v) is 10.1. The average Bonchev–Trinajstić information content (AvgIpc) is 2.94. The van der Waals surface area contributed by atoms with E-state index in [-0.39, 0.29) is 6.79 Å². The van der Waals surface area contributed by atoms with Gasteiger partial charge in [-0.1, -0.05) is 6.07 Å². The van der Waals surface area contributed by atoms with Gasteiger partial charge in [-0.15, -0.1) is 5.10 Å². The number of rotatable bonds is 2. The predicted molar refractivity (Wildman–Crippen MR) is 65.7 cm³/mol. The van der Waals surface area contributed by atoms with Crippen molar-refractivity contribution in [2.45, 2.75) is 0 Å². The molecule has 1 aliphatic heterocycles. The number of fused-ring (bicyclic) bond motifs is 1. The number of anilines is 1. The van der Waals surface area contributed by atoms with Crippen LogP contribution in [0.2, 0.25) is 0 Å². The number of methoxy groups -OCH3 is 1. The molecule has 2 heterocycles. The van der Waals surface area contributed by atoms with Crippen molar-refractivity contribution in [1.29, 1.82) is 0 Å². The van der Waals surface area contributed by atoms with E-state index >= 15 is 0 Å². The number of hydrogen-bond donors (Lipinski definition) is 1. The third-order valence-corrected chi connectivity index (χ3v) is 2.91. The summed E-state index contributed by atoms with van der Waals surface area (Å²) >= 11 is 0. The molecule has 2 N–H and O–H groups in total. The van der Waals surface area contributed by atoms with Crippen LogP contribution in [0.3, 0.4) is 0 Å². The lowest BCUT2D eigenvalue weighted by molar-refractivity contribution is 0.174. The van der Waals surface area contributed by atoms with Crippen molar-refractivity contribution >= 4 is 5.82 Å². The highest BCUT2D eigenvalue weighted by Gasteiger charge is 2.20. The molecule has 0 fully saturated rings. The highest BCUT2D eigenvalue weighted by Crippen LogP contribution is 2.40. The first kappa shape index (κ1) is 10.8. The van der Waals surface area contributed by atoms with Crippen LogP contribution in [0.25, 0.3) is 11.1 Å². The summed E-state index contributed by atoms with van der Waals surface area (Å²) in [7, 11) is 3.34. The molecule has 3 rings (SSSR count). The van der Waals surface area contributed by atoms with Gasteiger partial charge >= 0.3 is 0 Å². The molecule has 0 bridgehead atoms. The van der Waals surface area contributed by atoms with Gasteiger partial charge in [0.05, 0.1) is 12.7 Å². The minimum atomic E-state index is 0.248. The molecule has 0 radical (unpaired) electrons. The van der Waals surface area contributed by atoms with Gasteiger partial charge in [-0.3, -0.25) is 0 Å². The summed E-state index contributed by atoms with van der Waals surface area (Å²) in [4.78, 5) is 0. The summed E-state index contributed by atoms with van der Waals surface area (Å²) in [5, 5.41) is 4.20. The number of nitrogen functional groups attached to an aromatic ring is 1. The summed E-state index contributed by atoms with van der Waals surface area (Å²) in [6, 6.07) is 5.63. The normalized spacial score (nSPS) is 12.8. The SMILES string of the molecule is COc1nn(C)c(N)c1-c1ccc2c(c1)OCO2. The van der Waals surface area contributed by atoms with E-state index < -0.39 is 0 Å². The smallest absolute Gasteiger partial charge is 0.242 e. The quantitative estimate of drug-likeness (QED) is 0.868. The molecule has 6 heteroatoms. The third kappa shape index (κ3) is 1.46. The van der Waals surface area contributed by atoms with Crippen molar-refractivity contribution in [3.63, 3.8) is 0 Å². The Bertz CT molecular complexity index is 607. The summed E-state index contributed by atoms with van der Waals surface area (Å²) in [5.41, 5.74) is 7.66. The highest BCUT2D eigenvalue weighted by atomic mass is 16.7. The van der Waals surface area contributed by atoms with Crippen LogP contribution in [0, 0.1) is 0 Å². The second-order valence-electron chi connectivity index (χ2n) is 3.96. The van der Waals surface area contributed by atoms with Crippen LogP contribution in [0.5, 0.6) is 17.4 Å². The van der Waals surface area contributed by atoms with Crippen LogP contribution < -0.4 is 19.9 Å². The largest absolute Gasteiger partial charge is 0.479 e. The maximum absolute atomic E-state index is 6.00. The van der Waals surface area contributed by atoms with Crippen LogP contribution in [0.4, 0.5) is 5.82 Å². The fourth-order valence-electron chi connectivity index (χ4n) is 1.98. The molecule has 0 amide bonds. The summed E-state index contributed by atoms with van der Waals surface area (Å²) < 4.78 is 17.4. The molecule has 0 unspecified atom stereocenters. The minimum absolute atomic E-state index is 0.248. The Kier molecular flexibility index (Phi) is 2.29. The van der Waals surface area contributed by atoms with Crippen LogP contribution in [0.1, 0.15) is 0 Å². The molecule has 0 aliphatic carbocycles. The van der Waals surface area contributed by atoms with Gasteiger partial charge in [-0.25, -0.2) is 4.68 Å². The second kappa shape index (κ2) is 3.83. The second-order valence-corrected chi connectivity index (χ2v) is 3.96. The first-order chi connectivity index (χ1) is 8.70. The molecule has 0 saturated carbocycles. The third-order valence-electron chi connectivity index (χ3n) is 2.91. The molecule has 94 valence electrons. The van der Waals surface area contributed by atoms with E-state index in [0.717, 1.165) is 16.9 Å². The van der Waals surface area contributed by atoms with Gasteiger partial charge in [0.2, 0.25) is 12.7 Å². The number of ether oxygens (including phenoxy) is 3. The zero-order chi connectivity index (χ0) is 12.7. The number of nitrogens with zero attached hydrogens (tertiary/aromatic N) is 2. The first-order valence-electron chi connectivity index (χ1n) is 5.47. The number of nitrogens with two attached hydrogens (primary N) is 1. The van der Waals surface area contributed by atoms with Gasteiger partial charge in [0, 0.05) is 7.05 Å². The molecule has 0 saturated heterocycles. The first-order valence-corrected chi connectivity index (χ1v) is 5.47. The molecule has 1 aromatic heterocycles. The molecular formula is C12H13N3O3. The van der Waals surface area contributed by atoms with Crippen molar-refractivity contribution in [3.05, 3.63) is 18.2 Å². The predicted octanol–water partition coefficient (Wildman–Crippen LogP) is 1.41. The Morgan fingerprint density at radius 2 is 2.11 bits per heavy atom. The highest BCUT2D eigenvalue weighted by molar-refractivity contribution is 5.80. The molecule has 1 aliphatic rings. The number of hydrogen-bond acceptors (Lipinski definition) is 5. The van der Waals surface area contributed by atoms with E-state index in [1.165, 1.54) is 0 Å². The van der Waals surface area contributed by atoms with Crippen molar-refractivity contribution in [2.24, 2.45) is 7.05 Å². The van der Waals surface area contributed by atoms with E-state index in [1.54, 1.807) is 18.8 Å². The Morgan fingerprint density at radius 3 is 2.89 bits per heavy atom. The average molecular weight is 247 g/mol. The fourth-order valence-corrected chi connectivity index (χ4v) is 1.98. The number of aryl methyl sites for hydroxylation is 1. The van der Waals surface area contributed by atoms with E-state index in [0.29, 0.717) is 17.4 Å². The van der Waals surface area contributed by atoms with Gasteiger partial charge in [-0.05, 0) is 17.7 Å². The lowest BCUT2D eigenvalue weighted by atomic mass is 10.1. The standard InChI is InChI=1S/C12H13N3O3/c1-15-11(13)10(12(14-15)16-2)7-3-4-8-9(5-7)18-6-17-8/h3-5H,6,13H2,1-2H3. The maximum Gasteiger partial charge on any atom is 0.242 e. The molecule has 0 spiro atoms. The molecule has 1 aromatic carbocycles. The Balaban J connectivity index is 2.15. The van der Waals surface area contributed by atoms with E-state index in [2.05, 4.69) is 5.10 Å². The molecule has 6 nitrogen and oxygen atoms in total. The Hall–Kier alpha value is -2.37. The van der Waals surface area contributed by atoms with Crippen LogP contribution in [-0.4, -0.2) is 23.7 Å². The molecule has 2 aromatic rings. The number of benzene rings is 1. The lowest BCUT2D eigenvalue weighted by Crippen LogP contribution is -1.98. The van der Waals surface area contributed by atoms with Crippen LogP contribution >= 0.6 is 0 Å². The lowest BCUT2D eigenvalue weighted by Gasteiger charge is -2.04. The van der Waals surface area contributed by atoms with E-state index in [9.17, 15) is 0 Å². The summed E-state index contributed by atoms with van der Waals surface area (Å²) in [6.07, 6.45) is 0. The van der Waals surface area contributed by atoms with E-state index in [1.807, 2.05) is 18.2 Å². The van der Waals surface area contributed by atoms with Gasteiger partial charge in [0.15, 0.2) is 11.5 Å². The summed E-state index contributed by atoms with van der Waals surface area (Å²) in [6.45, 7) is 0.248. The molecular weight excluding hydrogens is 234 g/mol. The molecule has 0 atom stereocenters.